The first-order valence-electron chi connectivity index (χ1n) is 27.0. The molecule has 0 saturated heterocycles. The number of carboxylic acid groups (broad SMARTS) is 4. The number of aromatic nitrogens is 1. The van der Waals surface area contributed by atoms with E-state index in [-0.39, 0.29) is 18.8 Å². The van der Waals surface area contributed by atoms with Crippen LogP contribution >= 0.6 is 0 Å². The van der Waals surface area contributed by atoms with Crippen LogP contribution in [0.5, 0.6) is 0 Å². The summed E-state index contributed by atoms with van der Waals surface area (Å²) in [4.78, 5) is 185. The minimum absolute atomic E-state index is 0.254. The van der Waals surface area contributed by atoms with E-state index in [1.54, 1.807) is 65.8 Å². The number of carbonyl (C=O) groups is 14. The number of hydrogen-bond acceptors (Lipinski definition) is 15. The van der Waals surface area contributed by atoms with Crippen molar-refractivity contribution in [1.82, 2.24) is 52.8 Å². The highest BCUT2D eigenvalue weighted by molar-refractivity contribution is 6.00. The maximum atomic E-state index is 14.1. The molecule has 0 aliphatic carbocycles. The molecule has 30 nitrogen and oxygen atoms in total. The van der Waals surface area contributed by atoms with E-state index in [4.69, 9.17) is 11.5 Å². The fourth-order valence-corrected chi connectivity index (χ4v) is 8.22. The number of para-hydroxylation sites is 1. The molecule has 2 aromatic rings. The van der Waals surface area contributed by atoms with E-state index in [0.29, 0.717) is 29.3 Å². The summed E-state index contributed by atoms with van der Waals surface area (Å²) in [6, 6.07) is -7.60. The summed E-state index contributed by atoms with van der Waals surface area (Å²) < 4.78 is 0. The molecule has 1 aromatic heterocycles. The Hall–Kier alpha value is -8.70. The van der Waals surface area contributed by atoms with Gasteiger partial charge in [-0.2, -0.15) is 0 Å². The first-order valence-corrected chi connectivity index (χ1v) is 27.0. The van der Waals surface area contributed by atoms with Crippen molar-refractivity contribution in [3.05, 3.63) is 36.0 Å². The number of benzene rings is 1. The highest BCUT2D eigenvalue weighted by atomic mass is 16.4. The van der Waals surface area contributed by atoms with Gasteiger partial charge < -0.3 is 84.7 Å². The van der Waals surface area contributed by atoms with Gasteiger partial charge in [0.2, 0.25) is 59.1 Å². The van der Waals surface area contributed by atoms with Gasteiger partial charge in [0.15, 0.2) is 0 Å². The number of H-pyrrole nitrogens is 1. The van der Waals surface area contributed by atoms with Crippen LogP contribution in [-0.4, -0.2) is 169 Å². The predicted molar refractivity (Wildman–Crippen MR) is 294 cm³/mol. The largest absolute Gasteiger partial charge is 0.481 e. The molecule has 0 bridgehead atoms. The lowest BCUT2D eigenvalue weighted by molar-refractivity contribution is -0.147. The van der Waals surface area contributed by atoms with Crippen molar-refractivity contribution in [2.24, 2.45) is 35.1 Å². The van der Waals surface area contributed by atoms with E-state index >= 15 is 0 Å². The van der Waals surface area contributed by atoms with Gasteiger partial charge in [0, 0.05) is 29.9 Å². The number of fused-ring (bicyclic) bond motifs is 1. The maximum absolute atomic E-state index is 14.1. The number of hydrogen-bond donors (Lipinski definition) is 16. The average Bonchev–Trinajstić information content (AvgIpc) is 4.14. The van der Waals surface area contributed by atoms with Crippen LogP contribution in [0.25, 0.3) is 10.9 Å². The lowest BCUT2D eigenvalue weighted by Crippen LogP contribution is -2.61. The molecule has 30 heteroatoms. The lowest BCUT2D eigenvalue weighted by Gasteiger charge is -2.29. The number of nitrogens with two attached hydrogens (primary N) is 2. The second kappa shape index (κ2) is 33.9. The minimum atomic E-state index is -1.98. The third kappa shape index (κ3) is 23.0. The first kappa shape index (κ1) is 70.4. The van der Waals surface area contributed by atoms with Crippen LogP contribution in [0.4, 0.5) is 0 Å². The zero-order valence-corrected chi connectivity index (χ0v) is 47.6. The third-order valence-corrected chi connectivity index (χ3v) is 13.9. The molecule has 12 atom stereocenters. The highest BCUT2D eigenvalue weighted by Crippen LogP contribution is 2.20. The van der Waals surface area contributed by atoms with Gasteiger partial charge in [-0.3, -0.25) is 62.3 Å². The standard InChI is InChI=1S/C53H80N12O18/c1-9-25(6)41(55)49(78)60-34(20-39(70)71)48(77)65-43(26(7)10-2)50(79)57-23-37(67)63-44(27(8)11-3)52(81)58-31(16-17-36(54)66)45(74)64-42(24(4)5)51(80)61-33(19-38(68)69)47(76)59-32(46(75)62-35(53(82)83)21-40(72)73)18-28-22-56-30-15-13-12-14-29(28)30/h12-15,22,24-27,31-35,41-44,56H,9-11,16-21,23,55H2,1-8H3,(H2,54,66)(H,57,79)(H,58,81)(H,59,76)(H,60,78)(H,61,80)(H,62,75)(H,63,67)(H,64,74)(H,65,77)(H,68,69)(H,70,71)(H,72,73)(H,82,83)/t25-,26-,27-,31-,32-,33-,34-,35-,41-,42-,43-,44-/m0/s1. The number of primary amides is 1. The van der Waals surface area contributed by atoms with Gasteiger partial charge in [-0.25, -0.2) is 4.79 Å². The molecule has 0 spiro atoms. The zero-order valence-electron chi connectivity index (χ0n) is 47.6. The Morgan fingerprint density at radius 3 is 1.46 bits per heavy atom. The Bertz CT molecular complexity index is 2680. The molecule has 0 aliphatic heterocycles. The predicted octanol–water partition coefficient (Wildman–Crippen LogP) is -2.40. The molecule has 460 valence electrons. The van der Waals surface area contributed by atoms with E-state index in [9.17, 15) is 87.5 Å². The summed E-state index contributed by atoms with van der Waals surface area (Å²) in [6.07, 6.45) is -1.75. The van der Waals surface area contributed by atoms with Gasteiger partial charge in [0.25, 0.3) is 0 Å². The molecule has 18 N–H and O–H groups in total. The zero-order chi connectivity index (χ0) is 63.0. The Balaban J connectivity index is 2.37. The number of carbonyl (C=O) groups excluding carboxylic acids is 10. The second-order valence-electron chi connectivity index (χ2n) is 20.7. The van der Waals surface area contributed by atoms with E-state index in [1.807, 2.05) is 0 Å². The highest BCUT2D eigenvalue weighted by Gasteiger charge is 2.38. The summed E-state index contributed by atoms with van der Waals surface area (Å²) in [5.74, 6) is -18.9. The van der Waals surface area contributed by atoms with Crippen LogP contribution in [-0.2, 0) is 73.5 Å². The summed E-state index contributed by atoms with van der Waals surface area (Å²) in [7, 11) is 0. The molecular weight excluding hydrogens is 1090 g/mol. The van der Waals surface area contributed by atoms with E-state index in [0.717, 1.165) is 0 Å². The molecule has 10 amide bonds. The molecule has 0 unspecified atom stereocenters. The van der Waals surface area contributed by atoms with Crippen molar-refractivity contribution < 1.29 is 87.5 Å². The van der Waals surface area contributed by atoms with E-state index < -0.39 is 194 Å². The molecule has 0 radical (unpaired) electrons. The van der Waals surface area contributed by atoms with Crippen molar-refractivity contribution >= 4 is 93.9 Å². The number of nitrogens with one attached hydrogen (secondary N) is 10. The second-order valence-corrected chi connectivity index (χ2v) is 20.7. The third-order valence-electron chi connectivity index (χ3n) is 13.9. The molecule has 0 fully saturated rings. The molecule has 1 aromatic carbocycles. The van der Waals surface area contributed by atoms with Gasteiger partial charge in [-0.1, -0.05) is 92.9 Å². The summed E-state index contributed by atoms with van der Waals surface area (Å²) >= 11 is 0. The Morgan fingerprint density at radius 2 is 0.940 bits per heavy atom. The van der Waals surface area contributed by atoms with Crippen LogP contribution in [0.2, 0.25) is 0 Å². The summed E-state index contributed by atoms with van der Waals surface area (Å²) in [5, 5.41) is 60.1. The minimum Gasteiger partial charge on any atom is -0.481 e. The van der Waals surface area contributed by atoms with Gasteiger partial charge in [-0.05, 0) is 41.7 Å². The van der Waals surface area contributed by atoms with Crippen LogP contribution in [0.3, 0.4) is 0 Å². The van der Waals surface area contributed by atoms with Gasteiger partial charge in [0.05, 0.1) is 31.8 Å². The first-order chi connectivity index (χ1) is 38.8. The van der Waals surface area contributed by atoms with Gasteiger partial charge in [0.1, 0.15) is 48.3 Å². The van der Waals surface area contributed by atoms with E-state index in [2.05, 4.69) is 52.8 Å². The summed E-state index contributed by atoms with van der Waals surface area (Å²) in [5.41, 5.74) is 12.4. The summed E-state index contributed by atoms with van der Waals surface area (Å²) in [6.45, 7) is 12.2. The molecule has 2 rings (SSSR count). The smallest absolute Gasteiger partial charge is 0.326 e. The van der Waals surface area contributed by atoms with Crippen molar-refractivity contribution in [2.75, 3.05) is 6.54 Å². The van der Waals surface area contributed by atoms with Crippen molar-refractivity contribution in [3.63, 3.8) is 0 Å². The molecule has 0 saturated carbocycles. The van der Waals surface area contributed by atoms with Crippen LogP contribution in [0.15, 0.2) is 30.5 Å². The van der Waals surface area contributed by atoms with Crippen molar-refractivity contribution in [2.45, 2.75) is 168 Å². The van der Waals surface area contributed by atoms with E-state index in [1.165, 1.54) is 20.0 Å². The number of rotatable bonds is 37. The van der Waals surface area contributed by atoms with Crippen LogP contribution < -0.4 is 59.3 Å². The average molecular weight is 1170 g/mol. The monoisotopic (exact) mass is 1170 g/mol. The lowest BCUT2D eigenvalue weighted by atomic mass is 9.96. The van der Waals surface area contributed by atoms with Crippen LogP contribution in [0, 0.1) is 23.7 Å². The fourth-order valence-electron chi connectivity index (χ4n) is 8.22. The van der Waals surface area contributed by atoms with Crippen LogP contribution in [0.1, 0.15) is 112 Å². The Morgan fingerprint density at radius 1 is 0.506 bits per heavy atom. The van der Waals surface area contributed by atoms with Gasteiger partial charge >= 0.3 is 23.9 Å². The molecular formula is C53H80N12O18. The van der Waals surface area contributed by atoms with Crippen molar-refractivity contribution in [1.29, 1.82) is 0 Å². The molecule has 1 heterocycles. The Labute approximate surface area is 478 Å². The normalized spacial score (nSPS) is 15.5. The SMILES string of the molecule is CC[C@H](C)[C@H](N)C(=O)N[C@@H](CC(=O)O)C(=O)N[C@H](C(=O)NCC(=O)N[C@H](C(=O)N[C@@H](CCC(N)=O)C(=O)N[C@H](C(=O)N[C@@H](CC(=O)O)C(=O)N[C@@H](Cc1c[nH]c2ccccc12)C(=O)N[C@@H](CC(=O)O)C(=O)O)C(C)C)[C@@H](C)CC)[C@@H](C)CC. The molecule has 83 heavy (non-hydrogen) atoms. The Kier molecular flexibility index (Phi) is 28.8. The molecule has 0 aliphatic rings. The number of aromatic amines is 1. The maximum Gasteiger partial charge on any atom is 0.326 e. The topological polar surface area (TPSA) is 496 Å². The fraction of sp³-hybridized carbons (Fsp3) is 0.585. The number of aliphatic carboxylic acids is 4. The number of amides is 10. The van der Waals surface area contributed by atoms with Gasteiger partial charge in [-0.15, -0.1) is 0 Å². The quantitative estimate of drug-likeness (QED) is 0.0335. The number of carboxylic acids is 4. The van der Waals surface area contributed by atoms with Crippen molar-refractivity contribution in [3.8, 4) is 0 Å².